The smallest absolute Gasteiger partial charge is 0.255 e. The SMILES string of the molecule is O=C(Cl)c1cnc2ccnn2c1. The Morgan fingerprint density at radius 1 is 1.58 bits per heavy atom. The number of halogens is 1. The van der Waals surface area contributed by atoms with Gasteiger partial charge in [-0.3, -0.25) is 4.79 Å². The van der Waals surface area contributed by atoms with E-state index < -0.39 is 5.24 Å². The van der Waals surface area contributed by atoms with Crippen molar-refractivity contribution in [2.24, 2.45) is 0 Å². The van der Waals surface area contributed by atoms with Gasteiger partial charge in [-0.2, -0.15) is 5.10 Å². The minimum Gasteiger partial charge on any atom is -0.275 e. The van der Waals surface area contributed by atoms with Gasteiger partial charge in [0.05, 0.1) is 11.8 Å². The van der Waals surface area contributed by atoms with Crippen molar-refractivity contribution in [1.29, 1.82) is 0 Å². The van der Waals surface area contributed by atoms with Crippen LogP contribution in [0.15, 0.2) is 24.7 Å². The van der Waals surface area contributed by atoms with Crippen LogP contribution in [0.1, 0.15) is 10.4 Å². The largest absolute Gasteiger partial charge is 0.275 e. The predicted molar refractivity (Wildman–Crippen MR) is 43.2 cm³/mol. The molecule has 0 aliphatic rings. The topological polar surface area (TPSA) is 47.3 Å². The summed E-state index contributed by atoms with van der Waals surface area (Å²) in [5, 5.41) is 3.38. The van der Waals surface area contributed by atoms with Gasteiger partial charge in [0.1, 0.15) is 0 Å². The molecular weight excluding hydrogens is 178 g/mol. The van der Waals surface area contributed by atoms with Gasteiger partial charge in [-0.1, -0.05) is 0 Å². The molecule has 0 radical (unpaired) electrons. The van der Waals surface area contributed by atoms with E-state index in [9.17, 15) is 4.79 Å². The molecule has 4 nitrogen and oxygen atoms in total. The molecule has 0 saturated heterocycles. The highest BCUT2D eigenvalue weighted by Gasteiger charge is 2.03. The first-order chi connectivity index (χ1) is 5.77. The minimum atomic E-state index is -0.528. The van der Waals surface area contributed by atoms with Gasteiger partial charge >= 0.3 is 0 Å². The van der Waals surface area contributed by atoms with Crippen molar-refractivity contribution in [2.75, 3.05) is 0 Å². The molecule has 2 aromatic heterocycles. The van der Waals surface area contributed by atoms with Crippen LogP contribution < -0.4 is 0 Å². The molecule has 60 valence electrons. The first-order valence-electron chi connectivity index (χ1n) is 3.26. The summed E-state index contributed by atoms with van der Waals surface area (Å²) in [6.45, 7) is 0. The summed E-state index contributed by atoms with van der Waals surface area (Å²) in [5.41, 5.74) is 1.03. The third-order valence-electron chi connectivity index (χ3n) is 1.47. The first kappa shape index (κ1) is 7.24. The van der Waals surface area contributed by atoms with Crippen LogP contribution in [-0.4, -0.2) is 19.8 Å². The Morgan fingerprint density at radius 3 is 3.17 bits per heavy atom. The molecular formula is C7H4ClN3O. The van der Waals surface area contributed by atoms with Crippen molar-refractivity contribution in [1.82, 2.24) is 14.6 Å². The van der Waals surface area contributed by atoms with E-state index >= 15 is 0 Å². The predicted octanol–water partition coefficient (Wildman–Crippen LogP) is 1.11. The Hall–Kier alpha value is -1.42. The van der Waals surface area contributed by atoms with E-state index in [2.05, 4.69) is 10.1 Å². The lowest BCUT2D eigenvalue weighted by Gasteiger charge is -1.93. The highest BCUT2D eigenvalue weighted by molar-refractivity contribution is 6.67. The molecule has 12 heavy (non-hydrogen) atoms. The van der Waals surface area contributed by atoms with Crippen LogP contribution in [0.5, 0.6) is 0 Å². The lowest BCUT2D eigenvalue weighted by Crippen LogP contribution is -1.96. The minimum absolute atomic E-state index is 0.341. The Morgan fingerprint density at radius 2 is 2.42 bits per heavy atom. The molecule has 0 aliphatic heterocycles. The Balaban J connectivity index is 2.68. The molecule has 0 aliphatic carbocycles. The maximum absolute atomic E-state index is 10.7. The van der Waals surface area contributed by atoms with Crippen LogP contribution in [-0.2, 0) is 0 Å². The molecule has 0 atom stereocenters. The van der Waals surface area contributed by atoms with Gasteiger partial charge in [0, 0.05) is 18.5 Å². The van der Waals surface area contributed by atoms with E-state index in [1.54, 1.807) is 12.3 Å². The fourth-order valence-electron chi connectivity index (χ4n) is 0.911. The van der Waals surface area contributed by atoms with Gasteiger partial charge in [-0.25, -0.2) is 9.50 Å². The Kier molecular flexibility index (Phi) is 1.55. The normalized spacial score (nSPS) is 10.4. The van der Waals surface area contributed by atoms with Crippen molar-refractivity contribution in [3.05, 3.63) is 30.2 Å². The van der Waals surface area contributed by atoms with Gasteiger partial charge < -0.3 is 0 Å². The van der Waals surface area contributed by atoms with Crippen LogP contribution in [0.4, 0.5) is 0 Å². The number of aromatic nitrogens is 3. The zero-order valence-electron chi connectivity index (χ0n) is 5.94. The first-order valence-corrected chi connectivity index (χ1v) is 3.64. The number of nitrogens with zero attached hydrogens (tertiary/aromatic N) is 3. The highest BCUT2D eigenvalue weighted by Crippen LogP contribution is 2.03. The van der Waals surface area contributed by atoms with E-state index in [0.717, 1.165) is 0 Å². The zero-order chi connectivity index (χ0) is 8.55. The number of hydrogen-bond donors (Lipinski definition) is 0. The third kappa shape index (κ3) is 1.06. The average Bonchev–Trinajstić information content (AvgIpc) is 2.49. The zero-order valence-corrected chi connectivity index (χ0v) is 6.69. The number of fused-ring (bicyclic) bond motifs is 1. The second-order valence-electron chi connectivity index (χ2n) is 2.25. The molecule has 2 aromatic rings. The summed E-state index contributed by atoms with van der Waals surface area (Å²) in [6, 6.07) is 1.74. The van der Waals surface area contributed by atoms with E-state index in [-0.39, 0.29) is 0 Å². The summed E-state index contributed by atoms with van der Waals surface area (Å²) >= 11 is 5.25. The van der Waals surface area contributed by atoms with Crippen LogP contribution in [0, 0.1) is 0 Å². The molecule has 0 aromatic carbocycles. The molecule has 2 rings (SSSR count). The molecule has 5 heteroatoms. The Bertz CT molecular complexity index is 437. The third-order valence-corrected chi connectivity index (χ3v) is 1.69. The summed E-state index contributed by atoms with van der Waals surface area (Å²) in [5.74, 6) is 0. The number of hydrogen-bond acceptors (Lipinski definition) is 3. The van der Waals surface area contributed by atoms with E-state index in [0.29, 0.717) is 11.2 Å². The summed E-state index contributed by atoms with van der Waals surface area (Å²) in [6.07, 6.45) is 4.56. The van der Waals surface area contributed by atoms with Crippen LogP contribution >= 0.6 is 11.6 Å². The van der Waals surface area contributed by atoms with Crippen LogP contribution in [0.25, 0.3) is 5.65 Å². The molecule has 0 fully saturated rings. The molecule has 2 heterocycles. The van der Waals surface area contributed by atoms with Crippen molar-refractivity contribution in [3.63, 3.8) is 0 Å². The maximum atomic E-state index is 10.7. The standard InChI is InChI=1S/C7H4ClN3O/c8-7(12)5-3-9-6-1-2-10-11(6)4-5/h1-4H. The maximum Gasteiger partial charge on any atom is 0.255 e. The molecule has 0 saturated carbocycles. The second-order valence-corrected chi connectivity index (χ2v) is 2.59. The van der Waals surface area contributed by atoms with Crippen molar-refractivity contribution < 1.29 is 4.79 Å². The fraction of sp³-hybridized carbons (Fsp3) is 0. The van der Waals surface area contributed by atoms with Crippen LogP contribution in [0.2, 0.25) is 0 Å². The van der Waals surface area contributed by atoms with Gasteiger partial charge in [-0.15, -0.1) is 0 Å². The molecule has 0 bridgehead atoms. The van der Waals surface area contributed by atoms with E-state index in [1.165, 1.54) is 16.9 Å². The van der Waals surface area contributed by atoms with Gasteiger partial charge in [0.15, 0.2) is 5.65 Å². The second kappa shape index (κ2) is 2.57. The average molecular weight is 182 g/mol. The van der Waals surface area contributed by atoms with Crippen molar-refractivity contribution in [3.8, 4) is 0 Å². The quantitative estimate of drug-likeness (QED) is 0.620. The summed E-state index contributed by atoms with van der Waals surface area (Å²) < 4.78 is 1.50. The van der Waals surface area contributed by atoms with E-state index in [4.69, 9.17) is 11.6 Å². The van der Waals surface area contributed by atoms with Crippen molar-refractivity contribution >= 4 is 22.5 Å². The highest BCUT2D eigenvalue weighted by atomic mass is 35.5. The molecule has 0 amide bonds. The summed E-state index contributed by atoms with van der Waals surface area (Å²) in [7, 11) is 0. The lowest BCUT2D eigenvalue weighted by molar-refractivity contribution is 0.108. The van der Waals surface area contributed by atoms with Crippen LogP contribution in [0.3, 0.4) is 0 Å². The number of carbonyl (C=O) groups excluding carboxylic acids is 1. The number of carbonyl (C=O) groups is 1. The number of rotatable bonds is 1. The fourth-order valence-corrected chi connectivity index (χ4v) is 1.01. The summed E-state index contributed by atoms with van der Waals surface area (Å²) in [4.78, 5) is 14.7. The van der Waals surface area contributed by atoms with Gasteiger partial charge in [0.2, 0.25) is 0 Å². The molecule has 0 unspecified atom stereocenters. The van der Waals surface area contributed by atoms with Gasteiger partial charge in [-0.05, 0) is 11.6 Å². The van der Waals surface area contributed by atoms with Crippen molar-refractivity contribution in [2.45, 2.75) is 0 Å². The van der Waals surface area contributed by atoms with E-state index in [1.807, 2.05) is 0 Å². The monoisotopic (exact) mass is 181 g/mol. The molecule has 0 spiro atoms. The van der Waals surface area contributed by atoms with Gasteiger partial charge in [0.25, 0.3) is 5.24 Å². The lowest BCUT2D eigenvalue weighted by atomic mass is 10.4. The Labute approximate surface area is 72.8 Å². The molecule has 0 N–H and O–H groups in total.